The van der Waals surface area contributed by atoms with Crippen molar-refractivity contribution in [2.24, 2.45) is 11.8 Å². The molecule has 9 heteroatoms. The molecule has 2 aromatic heterocycles. The van der Waals surface area contributed by atoms with Crippen LogP contribution < -0.4 is 9.64 Å². The molecule has 1 aromatic carbocycles. The molecule has 178 valence electrons. The lowest BCUT2D eigenvalue weighted by Crippen LogP contribution is -2.48. The van der Waals surface area contributed by atoms with Gasteiger partial charge in [0.1, 0.15) is 11.9 Å². The fourth-order valence-electron chi connectivity index (χ4n) is 5.66. The van der Waals surface area contributed by atoms with Gasteiger partial charge in [0.25, 0.3) is 0 Å². The molecular weight excluding hydrogens is 458 g/mol. The van der Waals surface area contributed by atoms with Crippen molar-refractivity contribution >= 4 is 16.5 Å². The second kappa shape index (κ2) is 8.45. The van der Waals surface area contributed by atoms with Crippen LogP contribution in [0.15, 0.2) is 30.3 Å². The Morgan fingerprint density at radius 3 is 2.68 bits per heavy atom. The van der Waals surface area contributed by atoms with E-state index in [1.165, 1.54) is 24.5 Å². The van der Waals surface area contributed by atoms with Gasteiger partial charge in [0, 0.05) is 18.2 Å². The zero-order valence-corrected chi connectivity index (χ0v) is 19.6. The van der Waals surface area contributed by atoms with E-state index in [-0.39, 0.29) is 23.6 Å². The molecule has 1 N–H and O–H groups in total. The second-order valence-corrected chi connectivity index (χ2v) is 10.6. The minimum Gasteiger partial charge on any atom is -0.507 e. The van der Waals surface area contributed by atoms with Crippen LogP contribution in [0.25, 0.3) is 21.7 Å². The van der Waals surface area contributed by atoms with E-state index < -0.39 is 12.1 Å². The normalized spacial score (nSPS) is 26.0. The number of fused-ring (bicyclic) bond motifs is 2. The van der Waals surface area contributed by atoms with Gasteiger partial charge in [0.2, 0.25) is 17.0 Å². The van der Waals surface area contributed by atoms with Crippen molar-refractivity contribution in [3.63, 3.8) is 0 Å². The van der Waals surface area contributed by atoms with Gasteiger partial charge in [-0.15, -0.1) is 10.2 Å². The summed E-state index contributed by atoms with van der Waals surface area (Å²) in [7, 11) is 1.42. The number of phenols is 1. The predicted octanol–water partition coefficient (Wildman–Crippen LogP) is 5.62. The Bertz CT molecular complexity index is 1220. The lowest BCUT2D eigenvalue weighted by atomic mass is 9.83. The van der Waals surface area contributed by atoms with E-state index in [9.17, 15) is 9.50 Å². The number of aromatic hydroxyl groups is 1. The van der Waals surface area contributed by atoms with E-state index in [2.05, 4.69) is 20.1 Å². The quantitative estimate of drug-likeness (QED) is 0.458. The summed E-state index contributed by atoms with van der Waals surface area (Å²) >= 11 is 1.39. The first kappa shape index (κ1) is 21.7. The Morgan fingerprint density at radius 1 is 1.06 bits per heavy atom. The van der Waals surface area contributed by atoms with E-state index in [0.717, 1.165) is 43.7 Å². The number of phenolic OH excluding ortho intramolecular Hbond substituents is 1. The lowest BCUT2D eigenvalue weighted by molar-refractivity contribution is 0.140. The third-order valence-corrected chi connectivity index (χ3v) is 8.42. The van der Waals surface area contributed by atoms with Gasteiger partial charge in [0.15, 0.2) is 5.01 Å². The van der Waals surface area contributed by atoms with E-state index in [0.29, 0.717) is 33.7 Å². The highest BCUT2D eigenvalue weighted by molar-refractivity contribution is 7.18. The number of aromatic nitrogens is 3. The number of anilines is 1. The molecule has 0 amide bonds. The molecule has 6 rings (SSSR count). The Kier molecular flexibility index (Phi) is 5.39. The summed E-state index contributed by atoms with van der Waals surface area (Å²) in [5, 5.41) is 20.9. The molecular formula is C25H26F2N4O2S. The molecule has 34 heavy (non-hydrogen) atoms. The molecule has 6 nitrogen and oxygen atoms in total. The molecule has 0 radical (unpaired) electrons. The van der Waals surface area contributed by atoms with Crippen molar-refractivity contribution in [3.05, 3.63) is 36.3 Å². The molecule has 0 unspecified atom stereocenters. The number of halogens is 2. The van der Waals surface area contributed by atoms with Crippen LogP contribution in [0.3, 0.4) is 0 Å². The van der Waals surface area contributed by atoms with Crippen LogP contribution in [0.4, 0.5) is 13.9 Å². The van der Waals surface area contributed by atoms with Gasteiger partial charge >= 0.3 is 0 Å². The van der Waals surface area contributed by atoms with E-state index in [4.69, 9.17) is 4.74 Å². The van der Waals surface area contributed by atoms with Crippen LogP contribution in [0.1, 0.15) is 38.5 Å². The number of hydrogen-bond acceptors (Lipinski definition) is 7. The smallest absolute Gasteiger partial charge is 0.216 e. The fourth-order valence-corrected chi connectivity index (χ4v) is 6.66. The fraction of sp³-hybridized carbons (Fsp3) is 0.480. The number of methoxy groups -OCH3 is 1. The summed E-state index contributed by atoms with van der Waals surface area (Å²) in [5.74, 6) is 0.312. The minimum absolute atomic E-state index is 0.0217. The maximum Gasteiger partial charge on any atom is 0.216 e. The molecule has 0 spiro atoms. The first-order valence-corrected chi connectivity index (χ1v) is 12.6. The van der Waals surface area contributed by atoms with Crippen molar-refractivity contribution in [2.75, 3.05) is 12.0 Å². The molecule has 2 bridgehead atoms. The van der Waals surface area contributed by atoms with Gasteiger partial charge in [0.05, 0.1) is 18.7 Å². The number of hydrogen-bond donors (Lipinski definition) is 1. The first-order valence-electron chi connectivity index (χ1n) is 11.8. The highest BCUT2D eigenvalue weighted by atomic mass is 32.1. The summed E-state index contributed by atoms with van der Waals surface area (Å²) in [4.78, 5) is 5.85. The van der Waals surface area contributed by atoms with Gasteiger partial charge in [-0.1, -0.05) is 17.4 Å². The van der Waals surface area contributed by atoms with E-state index in [1.807, 2.05) is 0 Å². The predicted molar refractivity (Wildman–Crippen MR) is 126 cm³/mol. The molecule has 3 fully saturated rings. The zero-order valence-electron chi connectivity index (χ0n) is 18.8. The molecule has 3 saturated carbocycles. The largest absolute Gasteiger partial charge is 0.507 e. The number of ether oxygens (including phenoxy) is 1. The Balaban J connectivity index is 1.29. The number of pyridine rings is 1. The van der Waals surface area contributed by atoms with Crippen LogP contribution in [0.5, 0.6) is 11.6 Å². The van der Waals surface area contributed by atoms with Crippen LogP contribution in [0, 0.1) is 17.8 Å². The molecule has 2 heterocycles. The highest BCUT2D eigenvalue weighted by Crippen LogP contribution is 2.49. The van der Waals surface area contributed by atoms with Crippen LogP contribution in [-0.4, -0.2) is 45.7 Å². The van der Waals surface area contributed by atoms with Crippen LogP contribution in [-0.2, 0) is 0 Å². The molecule has 3 aliphatic rings. The Hall–Kier alpha value is -2.81. The Morgan fingerprint density at radius 2 is 1.91 bits per heavy atom. The maximum absolute atomic E-state index is 15.4. The summed E-state index contributed by atoms with van der Waals surface area (Å²) in [6.07, 6.45) is 5.32. The van der Waals surface area contributed by atoms with Crippen LogP contribution in [0.2, 0.25) is 0 Å². The van der Waals surface area contributed by atoms with Crippen molar-refractivity contribution in [3.8, 4) is 33.3 Å². The summed E-state index contributed by atoms with van der Waals surface area (Å²) < 4.78 is 34.2. The third-order valence-electron chi connectivity index (χ3n) is 7.45. The maximum atomic E-state index is 15.4. The van der Waals surface area contributed by atoms with Gasteiger partial charge in [-0.2, -0.15) is 9.37 Å². The molecule has 0 saturated heterocycles. The molecule has 4 atom stereocenters. The van der Waals surface area contributed by atoms with Gasteiger partial charge in [-0.05, 0) is 73.6 Å². The SMILES string of the molecule is COc1cc(-c2ccc(-c3nnc(N(C4CC4)[C@@H]4C[C@H]5CC[C@H](C5)[C@@H]4F)s3)c(O)c2)cc(F)n1. The van der Waals surface area contributed by atoms with Gasteiger partial charge in [-0.3, -0.25) is 0 Å². The second-order valence-electron chi connectivity index (χ2n) is 9.67. The number of alkyl halides is 1. The average Bonchev–Trinajstić information content (AvgIpc) is 3.40. The van der Waals surface area contributed by atoms with Crippen molar-refractivity contribution in [1.29, 1.82) is 0 Å². The molecule has 0 aliphatic heterocycles. The average molecular weight is 485 g/mol. The summed E-state index contributed by atoms with van der Waals surface area (Å²) in [6.45, 7) is 0. The first-order chi connectivity index (χ1) is 16.5. The van der Waals surface area contributed by atoms with Crippen molar-refractivity contribution in [2.45, 2.75) is 56.8 Å². The zero-order chi connectivity index (χ0) is 23.4. The van der Waals surface area contributed by atoms with Gasteiger partial charge in [-0.25, -0.2) is 4.39 Å². The highest BCUT2D eigenvalue weighted by Gasteiger charge is 2.48. The van der Waals surface area contributed by atoms with Crippen molar-refractivity contribution < 1.29 is 18.6 Å². The lowest BCUT2D eigenvalue weighted by Gasteiger charge is -2.39. The standard InChI is InChI=1S/C25H26F2N4O2S/c1-33-22-12-16(11-21(26)28-22)14-4-7-18(20(32)10-14)24-29-30-25(34-24)31(17-5-6-17)19-9-13-2-3-15(8-13)23(19)27/h4,7,10-13,15,17,19,23,32H,2-3,5-6,8-9H2,1H3/t13-,15+,19+,23-/m0/s1. The van der Waals surface area contributed by atoms with E-state index >= 15 is 4.39 Å². The van der Waals surface area contributed by atoms with Crippen LogP contribution >= 0.6 is 11.3 Å². The third kappa shape index (κ3) is 3.89. The van der Waals surface area contributed by atoms with E-state index in [1.54, 1.807) is 24.3 Å². The monoisotopic (exact) mass is 484 g/mol. The topological polar surface area (TPSA) is 71.4 Å². The minimum atomic E-state index is -0.822. The van der Waals surface area contributed by atoms with Gasteiger partial charge < -0.3 is 14.7 Å². The number of rotatable bonds is 6. The molecule has 3 aliphatic carbocycles. The van der Waals surface area contributed by atoms with Crippen molar-refractivity contribution in [1.82, 2.24) is 15.2 Å². The number of nitrogens with zero attached hydrogens (tertiary/aromatic N) is 4. The molecule has 3 aromatic rings. The Labute approximate surface area is 200 Å². The summed E-state index contributed by atoms with van der Waals surface area (Å²) in [5.41, 5.74) is 1.72. The summed E-state index contributed by atoms with van der Waals surface area (Å²) in [6, 6.07) is 8.21. The number of benzene rings is 1.